The van der Waals surface area contributed by atoms with Gasteiger partial charge in [-0.15, -0.1) is 0 Å². The first-order chi connectivity index (χ1) is 10.2. The molecule has 2 unspecified atom stereocenters. The number of rotatable bonds is 10. The summed E-state index contributed by atoms with van der Waals surface area (Å²) in [5.41, 5.74) is 1.39. The summed E-state index contributed by atoms with van der Waals surface area (Å²) in [6.45, 7) is 12.8. The molecule has 0 saturated heterocycles. The van der Waals surface area contributed by atoms with E-state index in [1.165, 1.54) is 24.9 Å². The predicted molar refractivity (Wildman–Crippen MR) is 93.6 cm³/mol. The first-order valence-corrected chi connectivity index (χ1v) is 8.60. The van der Waals surface area contributed by atoms with E-state index in [1.54, 1.807) is 0 Å². The number of nitrogens with zero attached hydrogens (tertiary/aromatic N) is 1. The minimum Gasteiger partial charge on any atom is -0.313 e. The van der Waals surface area contributed by atoms with Crippen molar-refractivity contribution in [3.05, 3.63) is 35.9 Å². The maximum absolute atomic E-state index is 3.50. The molecule has 0 aromatic heterocycles. The van der Waals surface area contributed by atoms with Crippen LogP contribution in [0.1, 0.15) is 52.1 Å². The Morgan fingerprint density at radius 1 is 1.00 bits per heavy atom. The first kappa shape index (κ1) is 18.2. The molecule has 0 spiro atoms. The molecule has 2 heteroatoms. The average Bonchev–Trinajstić information content (AvgIpc) is 2.53. The van der Waals surface area contributed by atoms with Crippen LogP contribution >= 0.6 is 0 Å². The van der Waals surface area contributed by atoms with Gasteiger partial charge in [0.05, 0.1) is 0 Å². The highest BCUT2D eigenvalue weighted by molar-refractivity contribution is 5.19. The Bertz CT molecular complexity index is 359. The molecule has 0 amide bonds. The van der Waals surface area contributed by atoms with Crippen LogP contribution in [0.5, 0.6) is 0 Å². The average molecular weight is 290 g/mol. The molecule has 0 bridgehead atoms. The number of benzene rings is 1. The maximum atomic E-state index is 3.50. The molecular weight excluding hydrogens is 256 g/mol. The van der Waals surface area contributed by atoms with Gasteiger partial charge in [-0.1, -0.05) is 70.9 Å². The summed E-state index contributed by atoms with van der Waals surface area (Å²) in [5.74, 6) is 1.44. The van der Waals surface area contributed by atoms with Gasteiger partial charge in [0.1, 0.15) is 0 Å². The third-order valence-electron chi connectivity index (χ3n) is 4.70. The van der Waals surface area contributed by atoms with Crippen molar-refractivity contribution >= 4 is 0 Å². The Morgan fingerprint density at radius 2 is 1.62 bits per heavy atom. The molecule has 1 N–H and O–H groups in total. The second-order valence-corrected chi connectivity index (χ2v) is 6.19. The van der Waals surface area contributed by atoms with E-state index >= 15 is 0 Å². The lowest BCUT2D eigenvalue weighted by molar-refractivity contribution is 0.189. The third-order valence-corrected chi connectivity index (χ3v) is 4.70. The molecule has 0 saturated carbocycles. The SMILES string of the molecule is CCC(CC)CN(CC)CC(C)C(NC)c1ccccc1. The highest BCUT2D eigenvalue weighted by atomic mass is 15.1. The van der Waals surface area contributed by atoms with Gasteiger partial charge in [-0.05, 0) is 31.0 Å². The van der Waals surface area contributed by atoms with Crippen LogP contribution in [0, 0.1) is 11.8 Å². The van der Waals surface area contributed by atoms with Crippen molar-refractivity contribution in [2.75, 3.05) is 26.7 Å². The van der Waals surface area contributed by atoms with Crippen LogP contribution in [0.2, 0.25) is 0 Å². The van der Waals surface area contributed by atoms with Gasteiger partial charge in [0.15, 0.2) is 0 Å². The minimum absolute atomic E-state index is 0.432. The fourth-order valence-electron chi connectivity index (χ4n) is 3.20. The van der Waals surface area contributed by atoms with Crippen molar-refractivity contribution in [3.63, 3.8) is 0 Å². The van der Waals surface area contributed by atoms with Crippen molar-refractivity contribution < 1.29 is 0 Å². The fraction of sp³-hybridized carbons (Fsp3) is 0.684. The number of hydrogen-bond donors (Lipinski definition) is 1. The van der Waals surface area contributed by atoms with E-state index in [0.717, 1.165) is 19.0 Å². The molecule has 0 heterocycles. The summed E-state index contributed by atoms with van der Waals surface area (Å²) in [6, 6.07) is 11.3. The maximum Gasteiger partial charge on any atom is 0.0355 e. The van der Waals surface area contributed by atoms with Gasteiger partial charge in [0.25, 0.3) is 0 Å². The van der Waals surface area contributed by atoms with Crippen LogP contribution in [0.3, 0.4) is 0 Å². The molecule has 2 nitrogen and oxygen atoms in total. The Labute approximate surface area is 131 Å². The second kappa shape index (κ2) is 9.97. The monoisotopic (exact) mass is 290 g/mol. The highest BCUT2D eigenvalue weighted by Gasteiger charge is 2.20. The topological polar surface area (TPSA) is 15.3 Å². The summed E-state index contributed by atoms with van der Waals surface area (Å²) < 4.78 is 0. The van der Waals surface area contributed by atoms with Gasteiger partial charge in [0.2, 0.25) is 0 Å². The van der Waals surface area contributed by atoms with E-state index in [1.807, 2.05) is 0 Å². The molecule has 0 radical (unpaired) electrons. The molecule has 2 atom stereocenters. The van der Waals surface area contributed by atoms with Crippen molar-refractivity contribution in [3.8, 4) is 0 Å². The summed E-state index contributed by atoms with van der Waals surface area (Å²) in [5, 5.41) is 3.50. The van der Waals surface area contributed by atoms with Gasteiger partial charge in [-0.2, -0.15) is 0 Å². The zero-order valence-electron chi connectivity index (χ0n) is 14.6. The highest BCUT2D eigenvalue weighted by Crippen LogP contribution is 2.23. The lowest BCUT2D eigenvalue weighted by atomic mass is 9.93. The Hall–Kier alpha value is -0.860. The summed E-state index contributed by atoms with van der Waals surface area (Å²) in [6.07, 6.45) is 2.57. The van der Waals surface area contributed by atoms with Gasteiger partial charge in [-0.3, -0.25) is 0 Å². The van der Waals surface area contributed by atoms with Crippen LogP contribution in [0.15, 0.2) is 30.3 Å². The van der Waals surface area contributed by atoms with Crippen LogP contribution in [0.4, 0.5) is 0 Å². The number of nitrogens with one attached hydrogen (secondary N) is 1. The lowest BCUT2D eigenvalue weighted by Gasteiger charge is -2.32. The van der Waals surface area contributed by atoms with E-state index in [-0.39, 0.29) is 0 Å². The fourth-order valence-corrected chi connectivity index (χ4v) is 3.20. The number of hydrogen-bond acceptors (Lipinski definition) is 2. The lowest BCUT2D eigenvalue weighted by Crippen LogP contribution is -2.37. The Morgan fingerprint density at radius 3 is 2.10 bits per heavy atom. The van der Waals surface area contributed by atoms with E-state index in [4.69, 9.17) is 0 Å². The zero-order chi connectivity index (χ0) is 15.7. The first-order valence-electron chi connectivity index (χ1n) is 8.60. The van der Waals surface area contributed by atoms with Gasteiger partial charge in [0, 0.05) is 19.1 Å². The summed E-state index contributed by atoms with van der Waals surface area (Å²) >= 11 is 0. The van der Waals surface area contributed by atoms with Crippen LogP contribution in [-0.4, -0.2) is 31.6 Å². The van der Waals surface area contributed by atoms with Crippen LogP contribution < -0.4 is 5.32 Å². The molecule has 21 heavy (non-hydrogen) atoms. The standard InChI is InChI=1S/C19H34N2/c1-6-17(7-2)15-21(8-3)14-16(4)19(20-5)18-12-10-9-11-13-18/h9-13,16-17,19-20H,6-8,14-15H2,1-5H3. The smallest absolute Gasteiger partial charge is 0.0355 e. The molecule has 0 aliphatic heterocycles. The summed E-state index contributed by atoms with van der Waals surface area (Å²) in [4.78, 5) is 2.62. The van der Waals surface area contributed by atoms with E-state index in [9.17, 15) is 0 Å². The molecular formula is C19H34N2. The van der Waals surface area contributed by atoms with Crippen molar-refractivity contribution in [1.82, 2.24) is 10.2 Å². The predicted octanol–water partition coefficient (Wildman–Crippen LogP) is 4.34. The normalized spacial score (nSPS) is 14.6. The van der Waals surface area contributed by atoms with E-state index in [2.05, 4.69) is 75.3 Å². The molecule has 1 aromatic rings. The second-order valence-electron chi connectivity index (χ2n) is 6.19. The molecule has 0 fully saturated rings. The molecule has 1 rings (SSSR count). The Kier molecular flexibility index (Phi) is 8.63. The largest absolute Gasteiger partial charge is 0.313 e. The van der Waals surface area contributed by atoms with Crippen molar-refractivity contribution in [1.29, 1.82) is 0 Å². The third kappa shape index (κ3) is 5.80. The van der Waals surface area contributed by atoms with Crippen LogP contribution in [-0.2, 0) is 0 Å². The van der Waals surface area contributed by atoms with Crippen molar-refractivity contribution in [2.45, 2.75) is 46.6 Å². The quantitative estimate of drug-likeness (QED) is 0.689. The van der Waals surface area contributed by atoms with Crippen LogP contribution in [0.25, 0.3) is 0 Å². The van der Waals surface area contributed by atoms with Gasteiger partial charge < -0.3 is 10.2 Å². The minimum atomic E-state index is 0.432. The van der Waals surface area contributed by atoms with E-state index in [0.29, 0.717) is 12.0 Å². The molecule has 0 aliphatic carbocycles. The summed E-state index contributed by atoms with van der Waals surface area (Å²) in [7, 11) is 2.07. The van der Waals surface area contributed by atoms with Gasteiger partial charge in [-0.25, -0.2) is 0 Å². The van der Waals surface area contributed by atoms with Gasteiger partial charge >= 0.3 is 0 Å². The molecule has 0 aliphatic rings. The Balaban J connectivity index is 2.65. The van der Waals surface area contributed by atoms with Crippen molar-refractivity contribution in [2.24, 2.45) is 11.8 Å². The van der Waals surface area contributed by atoms with E-state index < -0.39 is 0 Å². The molecule has 120 valence electrons. The molecule has 1 aromatic carbocycles. The zero-order valence-corrected chi connectivity index (χ0v) is 14.6.